The van der Waals surface area contributed by atoms with Gasteiger partial charge in [-0.1, -0.05) is 26.0 Å². The molecule has 0 aliphatic heterocycles. The summed E-state index contributed by atoms with van der Waals surface area (Å²) in [6.07, 6.45) is 13.6. The molecule has 2 N–H and O–H groups in total. The van der Waals surface area contributed by atoms with Gasteiger partial charge in [0.2, 0.25) is 0 Å². The first-order valence-corrected chi connectivity index (χ1v) is 10.8. The van der Waals surface area contributed by atoms with Gasteiger partial charge in [0, 0.05) is 24.2 Å². The molecule has 4 aliphatic carbocycles. The molecule has 0 aromatic carbocycles. The molecule has 3 nitrogen and oxygen atoms in total. The Morgan fingerprint density at radius 1 is 1.11 bits per heavy atom. The van der Waals surface area contributed by atoms with Crippen LogP contribution in [-0.4, -0.2) is 18.1 Å². The Hall–Kier alpha value is -0.670. The minimum atomic E-state index is -0.132. The van der Waals surface area contributed by atoms with Crippen molar-refractivity contribution in [3.63, 3.8) is 0 Å². The SMILES string of the molecule is C[C@]12CC[C@@H](/C=C/CCN)CC1C(=O)C[C@@H]1[C@@H]2CC[C@]2(C)C(=O)CC[C@@H]12.Cl. The second kappa shape index (κ2) is 7.63. The molecular formula is C23H36ClNO2. The minimum absolute atomic E-state index is 0. The summed E-state index contributed by atoms with van der Waals surface area (Å²) < 4.78 is 0. The van der Waals surface area contributed by atoms with Gasteiger partial charge in [-0.3, -0.25) is 9.59 Å². The zero-order valence-corrected chi connectivity index (χ0v) is 17.7. The van der Waals surface area contributed by atoms with Crippen molar-refractivity contribution in [2.45, 2.75) is 71.6 Å². The molecule has 0 amide bonds. The van der Waals surface area contributed by atoms with Crippen molar-refractivity contribution < 1.29 is 9.59 Å². The number of allylic oxidation sites excluding steroid dienone is 1. The molecule has 27 heavy (non-hydrogen) atoms. The Bertz CT molecular complexity index is 632. The first kappa shape index (κ1) is 21.0. The lowest BCUT2D eigenvalue weighted by molar-refractivity contribution is -0.157. The molecule has 1 unspecified atom stereocenters. The summed E-state index contributed by atoms with van der Waals surface area (Å²) >= 11 is 0. The van der Waals surface area contributed by atoms with Crippen molar-refractivity contribution in [3.8, 4) is 0 Å². The third-order valence-electron chi connectivity index (χ3n) is 8.95. The zero-order chi connectivity index (χ0) is 18.5. The molecule has 4 heteroatoms. The molecule has 0 bridgehead atoms. The lowest BCUT2D eigenvalue weighted by atomic mass is 9.44. The first-order valence-electron chi connectivity index (χ1n) is 10.8. The van der Waals surface area contributed by atoms with Crippen LogP contribution in [0.4, 0.5) is 0 Å². The van der Waals surface area contributed by atoms with E-state index in [1.807, 2.05) is 0 Å². The van der Waals surface area contributed by atoms with E-state index in [4.69, 9.17) is 5.73 Å². The number of ketones is 2. The second-order valence-corrected chi connectivity index (χ2v) is 10.1. The Balaban J connectivity index is 0.00000210. The molecule has 4 rings (SSSR count). The molecule has 7 atom stereocenters. The molecule has 4 fully saturated rings. The van der Waals surface area contributed by atoms with Crippen LogP contribution in [-0.2, 0) is 9.59 Å². The maximum absolute atomic E-state index is 13.2. The normalized spacial score (nSPS) is 46.6. The van der Waals surface area contributed by atoms with Crippen LogP contribution in [0.15, 0.2) is 12.2 Å². The quantitative estimate of drug-likeness (QED) is 0.705. The highest BCUT2D eigenvalue weighted by Crippen LogP contribution is 2.65. The first-order chi connectivity index (χ1) is 12.4. The van der Waals surface area contributed by atoms with E-state index in [0.29, 0.717) is 41.8 Å². The molecule has 152 valence electrons. The van der Waals surface area contributed by atoms with Crippen molar-refractivity contribution in [1.29, 1.82) is 0 Å². The molecule has 4 aliphatic rings. The molecular weight excluding hydrogens is 358 g/mol. The van der Waals surface area contributed by atoms with Gasteiger partial charge in [0.25, 0.3) is 0 Å². The van der Waals surface area contributed by atoms with E-state index in [1.165, 1.54) is 12.8 Å². The van der Waals surface area contributed by atoms with E-state index >= 15 is 0 Å². The third kappa shape index (κ3) is 3.23. The van der Waals surface area contributed by atoms with Gasteiger partial charge < -0.3 is 5.73 Å². The number of carbonyl (C=O) groups is 2. The van der Waals surface area contributed by atoms with E-state index in [1.54, 1.807) is 0 Å². The topological polar surface area (TPSA) is 60.2 Å². The summed E-state index contributed by atoms with van der Waals surface area (Å²) in [5.74, 6) is 3.29. The summed E-state index contributed by atoms with van der Waals surface area (Å²) in [6, 6.07) is 0. The maximum atomic E-state index is 13.2. The fourth-order valence-electron chi connectivity index (χ4n) is 7.40. The summed E-state index contributed by atoms with van der Waals surface area (Å²) in [4.78, 5) is 25.7. The lowest BCUT2D eigenvalue weighted by Crippen LogP contribution is -2.56. The molecule has 0 aromatic rings. The Kier molecular flexibility index (Phi) is 5.95. The van der Waals surface area contributed by atoms with Crippen LogP contribution in [0.25, 0.3) is 0 Å². The second-order valence-electron chi connectivity index (χ2n) is 10.1. The number of hydrogen-bond acceptors (Lipinski definition) is 3. The number of halogens is 1. The van der Waals surface area contributed by atoms with Crippen LogP contribution >= 0.6 is 12.4 Å². The predicted octanol–water partition coefficient (Wildman–Crippen LogP) is 4.72. The van der Waals surface area contributed by atoms with Crippen LogP contribution in [0.2, 0.25) is 0 Å². The molecule has 0 aromatic heterocycles. The maximum Gasteiger partial charge on any atom is 0.139 e. The van der Waals surface area contributed by atoms with Crippen molar-refractivity contribution in [2.75, 3.05) is 6.54 Å². The van der Waals surface area contributed by atoms with Crippen molar-refractivity contribution >= 4 is 24.0 Å². The fraction of sp³-hybridized carbons (Fsp3) is 0.826. The average molecular weight is 394 g/mol. The van der Waals surface area contributed by atoms with E-state index < -0.39 is 0 Å². The molecule has 0 radical (unpaired) electrons. The van der Waals surface area contributed by atoms with Crippen LogP contribution in [0.3, 0.4) is 0 Å². The smallest absolute Gasteiger partial charge is 0.139 e. The summed E-state index contributed by atoms with van der Waals surface area (Å²) in [5, 5.41) is 0. The largest absolute Gasteiger partial charge is 0.330 e. The van der Waals surface area contributed by atoms with Crippen LogP contribution in [0.5, 0.6) is 0 Å². The minimum Gasteiger partial charge on any atom is -0.330 e. The highest BCUT2D eigenvalue weighted by atomic mass is 35.5. The number of hydrogen-bond donors (Lipinski definition) is 1. The van der Waals surface area contributed by atoms with Gasteiger partial charge >= 0.3 is 0 Å². The van der Waals surface area contributed by atoms with Crippen LogP contribution in [0, 0.1) is 40.4 Å². The predicted molar refractivity (Wildman–Crippen MR) is 111 cm³/mol. The van der Waals surface area contributed by atoms with Gasteiger partial charge in [-0.2, -0.15) is 0 Å². The van der Waals surface area contributed by atoms with Gasteiger partial charge in [0.05, 0.1) is 0 Å². The molecule has 0 heterocycles. The number of carbonyl (C=O) groups excluding carboxylic acids is 2. The Morgan fingerprint density at radius 2 is 1.89 bits per heavy atom. The standard InChI is InChI=1S/C23H35NO2.ClH/c1-22-10-8-15(5-3-4-12-24)13-19(22)20(25)14-16-17-6-7-21(26)23(17,2)11-9-18(16)22;/h3,5,15-19H,4,6-14,24H2,1-2H3;1H/b5-3+;/t15-,16+,17+,18+,19?,22-,23+;/m1./s1. The molecule has 4 saturated carbocycles. The fourth-order valence-corrected chi connectivity index (χ4v) is 7.40. The highest BCUT2D eigenvalue weighted by Gasteiger charge is 2.62. The van der Waals surface area contributed by atoms with E-state index in [9.17, 15) is 9.59 Å². The Labute approximate surface area is 170 Å². The summed E-state index contributed by atoms with van der Waals surface area (Å²) in [6.45, 7) is 5.30. The van der Waals surface area contributed by atoms with Gasteiger partial charge in [0.15, 0.2) is 0 Å². The van der Waals surface area contributed by atoms with Crippen molar-refractivity contribution in [3.05, 3.63) is 12.2 Å². The molecule has 0 spiro atoms. The number of nitrogens with two attached hydrogens (primary N) is 1. The van der Waals surface area contributed by atoms with E-state index in [0.717, 1.165) is 44.9 Å². The number of Topliss-reactive ketones (excluding diaryl/α,β-unsaturated/α-hetero) is 2. The summed E-state index contributed by atoms with van der Waals surface area (Å²) in [5.41, 5.74) is 5.63. The van der Waals surface area contributed by atoms with E-state index in [2.05, 4.69) is 26.0 Å². The monoisotopic (exact) mass is 393 g/mol. The van der Waals surface area contributed by atoms with Gasteiger partial charge in [0.1, 0.15) is 11.6 Å². The lowest BCUT2D eigenvalue weighted by Gasteiger charge is -2.59. The average Bonchev–Trinajstić information content (AvgIpc) is 2.92. The summed E-state index contributed by atoms with van der Waals surface area (Å²) in [7, 11) is 0. The Morgan fingerprint density at radius 3 is 2.63 bits per heavy atom. The number of fused-ring (bicyclic) bond motifs is 5. The van der Waals surface area contributed by atoms with Gasteiger partial charge in [-0.05, 0) is 80.6 Å². The van der Waals surface area contributed by atoms with Crippen molar-refractivity contribution in [2.24, 2.45) is 46.2 Å². The molecule has 0 saturated heterocycles. The number of rotatable bonds is 3. The zero-order valence-electron chi connectivity index (χ0n) is 16.9. The van der Waals surface area contributed by atoms with Gasteiger partial charge in [-0.15, -0.1) is 12.4 Å². The van der Waals surface area contributed by atoms with E-state index in [-0.39, 0.29) is 29.2 Å². The van der Waals surface area contributed by atoms with Gasteiger partial charge in [-0.25, -0.2) is 0 Å². The highest BCUT2D eigenvalue weighted by molar-refractivity contribution is 5.88. The van der Waals surface area contributed by atoms with Crippen LogP contribution in [0.1, 0.15) is 71.6 Å². The van der Waals surface area contributed by atoms with Crippen molar-refractivity contribution in [1.82, 2.24) is 0 Å². The third-order valence-corrected chi connectivity index (χ3v) is 8.95. The van der Waals surface area contributed by atoms with Crippen LogP contribution < -0.4 is 5.73 Å².